The molecule has 0 aromatic heterocycles. The smallest absolute Gasteiger partial charge is 0.0229 e. The highest BCUT2D eigenvalue weighted by molar-refractivity contribution is 5.13. The van der Waals surface area contributed by atoms with Gasteiger partial charge >= 0.3 is 0 Å². The van der Waals surface area contributed by atoms with Crippen molar-refractivity contribution in [2.24, 2.45) is 5.92 Å². The maximum Gasteiger partial charge on any atom is -0.0229 e. The molecule has 0 spiro atoms. The normalized spacial score (nSPS) is 15.2. The third kappa shape index (κ3) is 5.68. The van der Waals surface area contributed by atoms with E-state index in [1.165, 1.54) is 25.7 Å². The van der Waals surface area contributed by atoms with Gasteiger partial charge in [0.2, 0.25) is 0 Å². The van der Waals surface area contributed by atoms with Gasteiger partial charge in [-0.25, -0.2) is 0 Å². The average molecular weight is 180 g/mol. The van der Waals surface area contributed by atoms with Crippen LogP contribution in [0.15, 0.2) is 23.8 Å². The monoisotopic (exact) mass is 180 g/mol. The van der Waals surface area contributed by atoms with Crippen LogP contribution in [-0.2, 0) is 0 Å². The van der Waals surface area contributed by atoms with E-state index < -0.39 is 0 Å². The second kappa shape index (κ2) is 8.10. The Morgan fingerprint density at radius 2 is 2.00 bits per heavy atom. The molecule has 0 fully saturated rings. The van der Waals surface area contributed by atoms with Gasteiger partial charge in [0.15, 0.2) is 0 Å². The second-order valence-corrected chi connectivity index (χ2v) is 3.66. The predicted octanol–water partition coefficient (Wildman–Crippen LogP) is 4.73. The molecule has 0 aromatic carbocycles. The summed E-state index contributed by atoms with van der Waals surface area (Å²) in [5, 5.41) is 0. The topological polar surface area (TPSA) is 0 Å². The Bertz CT molecular complexity index is 163. The summed E-state index contributed by atoms with van der Waals surface area (Å²) in [4.78, 5) is 0. The van der Waals surface area contributed by atoms with Gasteiger partial charge in [-0.05, 0) is 25.7 Å². The standard InChI is InChI=1S/C13H24/c1-5-8-10-12(4)13(7-3)11-9-6-2/h6,9,11-12H,5,7-8,10H2,1-4H3/b9-6-,13-11+. The second-order valence-electron chi connectivity index (χ2n) is 3.66. The highest BCUT2D eigenvalue weighted by Gasteiger charge is 2.04. The first kappa shape index (κ1) is 12.5. The van der Waals surface area contributed by atoms with E-state index in [0.29, 0.717) is 0 Å². The lowest BCUT2D eigenvalue weighted by Crippen LogP contribution is -1.98. The van der Waals surface area contributed by atoms with Crippen molar-refractivity contribution in [1.82, 2.24) is 0 Å². The summed E-state index contributed by atoms with van der Waals surface area (Å²) in [7, 11) is 0. The highest BCUT2D eigenvalue weighted by Crippen LogP contribution is 2.20. The van der Waals surface area contributed by atoms with Crippen molar-refractivity contribution in [3.63, 3.8) is 0 Å². The van der Waals surface area contributed by atoms with Crippen LogP contribution in [0.25, 0.3) is 0 Å². The number of hydrogen-bond donors (Lipinski definition) is 0. The van der Waals surface area contributed by atoms with E-state index in [0.717, 1.165) is 5.92 Å². The average Bonchev–Trinajstić information content (AvgIpc) is 2.16. The fraction of sp³-hybridized carbons (Fsp3) is 0.692. The quantitative estimate of drug-likeness (QED) is 0.519. The molecule has 0 aliphatic carbocycles. The van der Waals surface area contributed by atoms with Crippen molar-refractivity contribution in [1.29, 1.82) is 0 Å². The molecule has 0 aliphatic rings. The third-order valence-electron chi connectivity index (χ3n) is 2.53. The van der Waals surface area contributed by atoms with Gasteiger partial charge in [-0.1, -0.05) is 57.4 Å². The van der Waals surface area contributed by atoms with E-state index in [9.17, 15) is 0 Å². The first-order valence-electron chi connectivity index (χ1n) is 5.57. The fourth-order valence-electron chi connectivity index (χ4n) is 1.55. The molecule has 76 valence electrons. The highest BCUT2D eigenvalue weighted by atomic mass is 14.1. The predicted molar refractivity (Wildman–Crippen MR) is 61.9 cm³/mol. The maximum atomic E-state index is 2.34. The van der Waals surface area contributed by atoms with E-state index >= 15 is 0 Å². The van der Waals surface area contributed by atoms with Crippen LogP contribution in [0.1, 0.15) is 53.4 Å². The van der Waals surface area contributed by atoms with Crippen molar-refractivity contribution in [2.75, 3.05) is 0 Å². The lowest BCUT2D eigenvalue weighted by Gasteiger charge is -2.13. The zero-order chi connectivity index (χ0) is 10.1. The SMILES string of the molecule is C/C=C\C=C(/CC)C(C)CCCC. The van der Waals surface area contributed by atoms with E-state index in [-0.39, 0.29) is 0 Å². The van der Waals surface area contributed by atoms with Gasteiger partial charge in [0.1, 0.15) is 0 Å². The molecule has 0 bridgehead atoms. The van der Waals surface area contributed by atoms with Crippen molar-refractivity contribution < 1.29 is 0 Å². The first-order valence-corrected chi connectivity index (χ1v) is 5.57. The van der Waals surface area contributed by atoms with E-state index in [1.807, 2.05) is 0 Å². The Hall–Kier alpha value is -0.520. The summed E-state index contributed by atoms with van der Waals surface area (Å²) in [5.41, 5.74) is 1.59. The molecule has 0 aromatic rings. The van der Waals surface area contributed by atoms with Crippen LogP contribution in [0.5, 0.6) is 0 Å². The summed E-state index contributed by atoms with van der Waals surface area (Å²) in [6, 6.07) is 0. The molecule has 0 heteroatoms. The van der Waals surface area contributed by atoms with Crippen molar-refractivity contribution in [3.05, 3.63) is 23.8 Å². The van der Waals surface area contributed by atoms with Crippen molar-refractivity contribution >= 4 is 0 Å². The van der Waals surface area contributed by atoms with Crippen LogP contribution < -0.4 is 0 Å². The molecular weight excluding hydrogens is 156 g/mol. The van der Waals surface area contributed by atoms with Crippen LogP contribution in [0.4, 0.5) is 0 Å². The molecule has 0 nitrogen and oxygen atoms in total. The minimum absolute atomic E-state index is 0.765. The molecule has 0 rings (SSSR count). The molecule has 0 radical (unpaired) electrons. The van der Waals surface area contributed by atoms with Crippen molar-refractivity contribution in [3.8, 4) is 0 Å². The molecule has 13 heavy (non-hydrogen) atoms. The maximum absolute atomic E-state index is 2.34. The summed E-state index contributed by atoms with van der Waals surface area (Å²) < 4.78 is 0. The van der Waals surface area contributed by atoms with E-state index in [4.69, 9.17) is 0 Å². The molecule has 0 saturated heterocycles. The Balaban J connectivity index is 4.05. The minimum Gasteiger partial charge on any atom is -0.0877 e. The van der Waals surface area contributed by atoms with Gasteiger partial charge in [-0.3, -0.25) is 0 Å². The zero-order valence-corrected chi connectivity index (χ0v) is 9.64. The lowest BCUT2D eigenvalue weighted by atomic mass is 9.93. The molecule has 1 atom stereocenters. The summed E-state index contributed by atoms with van der Waals surface area (Å²) >= 11 is 0. The van der Waals surface area contributed by atoms with Gasteiger partial charge in [-0.2, -0.15) is 0 Å². The molecular formula is C13H24. The van der Waals surface area contributed by atoms with Gasteiger partial charge in [0.25, 0.3) is 0 Å². The van der Waals surface area contributed by atoms with Crippen molar-refractivity contribution in [2.45, 2.75) is 53.4 Å². The van der Waals surface area contributed by atoms with Crippen LogP contribution in [0.2, 0.25) is 0 Å². The molecule has 0 N–H and O–H groups in total. The van der Waals surface area contributed by atoms with E-state index in [1.54, 1.807) is 5.57 Å². The van der Waals surface area contributed by atoms with Crippen LogP contribution in [0.3, 0.4) is 0 Å². The fourth-order valence-corrected chi connectivity index (χ4v) is 1.55. The minimum atomic E-state index is 0.765. The Morgan fingerprint density at radius 3 is 2.46 bits per heavy atom. The van der Waals surface area contributed by atoms with Gasteiger partial charge < -0.3 is 0 Å². The number of rotatable bonds is 6. The first-order chi connectivity index (χ1) is 6.26. The Morgan fingerprint density at radius 1 is 1.31 bits per heavy atom. The van der Waals surface area contributed by atoms with Gasteiger partial charge in [0.05, 0.1) is 0 Å². The largest absolute Gasteiger partial charge is 0.0877 e. The number of unbranched alkanes of at least 4 members (excludes halogenated alkanes) is 1. The summed E-state index contributed by atoms with van der Waals surface area (Å²) in [6.45, 7) is 8.92. The number of allylic oxidation sites excluding steroid dienone is 4. The number of hydrogen-bond acceptors (Lipinski definition) is 0. The Labute approximate surface area is 83.7 Å². The van der Waals surface area contributed by atoms with Crippen LogP contribution in [-0.4, -0.2) is 0 Å². The zero-order valence-electron chi connectivity index (χ0n) is 9.64. The molecule has 0 amide bonds. The molecule has 1 unspecified atom stereocenters. The molecule has 0 saturated carbocycles. The molecule has 0 heterocycles. The summed E-state index contributed by atoms with van der Waals surface area (Å²) in [5.74, 6) is 0.765. The van der Waals surface area contributed by atoms with Crippen LogP contribution in [0, 0.1) is 5.92 Å². The van der Waals surface area contributed by atoms with Crippen LogP contribution >= 0.6 is 0 Å². The van der Waals surface area contributed by atoms with Gasteiger partial charge in [-0.15, -0.1) is 0 Å². The Kier molecular flexibility index (Phi) is 7.77. The lowest BCUT2D eigenvalue weighted by molar-refractivity contribution is 0.559. The summed E-state index contributed by atoms with van der Waals surface area (Å²) in [6.07, 6.45) is 11.7. The van der Waals surface area contributed by atoms with E-state index in [2.05, 4.69) is 45.9 Å². The van der Waals surface area contributed by atoms with Gasteiger partial charge in [0, 0.05) is 0 Å². The molecule has 0 aliphatic heterocycles. The third-order valence-corrected chi connectivity index (χ3v) is 2.53.